The lowest BCUT2D eigenvalue weighted by Crippen LogP contribution is -2.57. The molecule has 0 aromatic heterocycles. The van der Waals surface area contributed by atoms with E-state index in [-0.39, 0.29) is 27.1 Å². The minimum Gasteiger partial charge on any atom is -0.508 e. The number of halogens is 2. The van der Waals surface area contributed by atoms with Crippen LogP contribution in [0.15, 0.2) is 18.2 Å². The molecule has 0 aliphatic heterocycles. The van der Waals surface area contributed by atoms with Gasteiger partial charge in [-0.05, 0) is 62.5 Å². The maximum absolute atomic E-state index is 13.9. The van der Waals surface area contributed by atoms with Crippen LogP contribution in [0, 0.1) is 23.1 Å². The highest BCUT2D eigenvalue weighted by atomic mass is 79.9. The standard InChI is InChI=1S/C17H19BrFNO2/c18-17-7-10-3-11(8-17)6-16(5-10,9-17)15(22)20-14-2-1-12(21)4-13(14)19/h1-2,4,10-11,21H,3,5-9H2,(H,20,22). The first-order valence-electron chi connectivity index (χ1n) is 7.86. The van der Waals surface area contributed by atoms with Crippen LogP contribution in [-0.4, -0.2) is 15.3 Å². The Bertz CT molecular complexity index is 634. The molecule has 2 atom stereocenters. The highest BCUT2D eigenvalue weighted by Crippen LogP contribution is 2.64. The van der Waals surface area contributed by atoms with Gasteiger partial charge in [0.1, 0.15) is 11.6 Å². The van der Waals surface area contributed by atoms with Crippen LogP contribution in [0.25, 0.3) is 0 Å². The number of alkyl halides is 1. The number of anilines is 1. The molecule has 4 saturated carbocycles. The fraction of sp³-hybridized carbons (Fsp3) is 0.588. The molecular weight excluding hydrogens is 349 g/mol. The third-order valence-electron chi connectivity index (χ3n) is 5.67. The summed E-state index contributed by atoms with van der Waals surface area (Å²) in [5, 5.41) is 12.0. The highest BCUT2D eigenvalue weighted by Gasteiger charge is 2.59. The van der Waals surface area contributed by atoms with Gasteiger partial charge in [-0.25, -0.2) is 4.39 Å². The van der Waals surface area contributed by atoms with Crippen LogP contribution in [-0.2, 0) is 4.79 Å². The fourth-order valence-electron chi connectivity index (χ4n) is 5.28. The number of carbonyl (C=O) groups is 1. The number of hydrogen-bond donors (Lipinski definition) is 2. The Morgan fingerprint density at radius 2 is 1.95 bits per heavy atom. The maximum Gasteiger partial charge on any atom is 0.230 e. The Hall–Kier alpha value is -1.10. The molecule has 2 N–H and O–H groups in total. The third-order valence-corrected chi connectivity index (χ3v) is 6.60. The van der Waals surface area contributed by atoms with Gasteiger partial charge in [0, 0.05) is 10.4 Å². The van der Waals surface area contributed by atoms with Gasteiger partial charge in [0.2, 0.25) is 5.91 Å². The topological polar surface area (TPSA) is 49.3 Å². The molecule has 5 heteroatoms. The average Bonchev–Trinajstić information content (AvgIpc) is 2.39. The van der Waals surface area contributed by atoms with Gasteiger partial charge in [-0.2, -0.15) is 0 Å². The van der Waals surface area contributed by atoms with Crippen molar-refractivity contribution in [3.05, 3.63) is 24.0 Å². The summed E-state index contributed by atoms with van der Waals surface area (Å²) in [7, 11) is 0. The molecule has 22 heavy (non-hydrogen) atoms. The van der Waals surface area contributed by atoms with Crippen molar-refractivity contribution >= 4 is 27.5 Å². The fourth-order valence-corrected chi connectivity index (χ4v) is 6.73. The minimum absolute atomic E-state index is 0.0602. The van der Waals surface area contributed by atoms with E-state index >= 15 is 0 Å². The predicted molar refractivity (Wildman–Crippen MR) is 85.5 cm³/mol. The average molecular weight is 368 g/mol. The monoisotopic (exact) mass is 367 g/mol. The first-order chi connectivity index (χ1) is 10.4. The van der Waals surface area contributed by atoms with Crippen molar-refractivity contribution in [1.29, 1.82) is 0 Å². The molecule has 1 amide bonds. The quantitative estimate of drug-likeness (QED) is 0.607. The molecule has 5 rings (SSSR count). The predicted octanol–water partition coefficient (Wildman–Crippen LogP) is 4.20. The molecule has 4 bridgehead atoms. The van der Waals surface area contributed by atoms with E-state index in [4.69, 9.17) is 0 Å². The van der Waals surface area contributed by atoms with Crippen molar-refractivity contribution in [2.75, 3.05) is 5.32 Å². The van der Waals surface area contributed by atoms with E-state index in [0.29, 0.717) is 11.8 Å². The van der Waals surface area contributed by atoms with Gasteiger partial charge in [0.25, 0.3) is 0 Å². The van der Waals surface area contributed by atoms with Crippen LogP contribution in [0.5, 0.6) is 5.75 Å². The normalized spacial score (nSPS) is 39.0. The van der Waals surface area contributed by atoms with Crippen LogP contribution in [0.1, 0.15) is 38.5 Å². The second-order valence-corrected chi connectivity index (χ2v) is 9.19. The Morgan fingerprint density at radius 1 is 1.27 bits per heavy atom. The second-order valence-electron chi connectivity index (χ2n) is 7.51. The molecule has 0 radical (unpaired) electrons. The van der Waals surface area contributed by atoms with Crippen LogP contribution in [0.2, 0.25) is 0 Å². The smallest absolute Gasteiger partial charge is 0.230 e. The third kappa shape index (κ3) is 2.25. The summed E-state index contributed by atoms with van der Waals surface area (Å²) >= 11 is 3.88. The number of phenolic OH excluding ortho intramolecular Hbond substituents is 1. The van der Waals surface area contributed by atoms with Crippen LogP contribution < -0.4 is 5.32 Å². The summed E-state index contributed by atoms with van der Waals surface area (Å²) in [6.45, 7) is 0. The first kappa shape index (κ1) is 14.5. The zero-order chi connectivity index (χ0) is 15.5. The lowest BCUT2D eigenvalue weighted by atomic mass is 9.49. The van der Waals surface area contributed by atoms with Crippen molar-refractivity contribution in [2.24, 2.45) is 17.3 Å². The molecule has 118 valence electrons. The van der Waals surface area contributed by atoms with Gasteiger partial charge >= 0.3 is 0 Å². The molecule has 0 heterocycles. The molecule has 1 aromatic carbocycles. The first-order valence-corrected chi connectivity index (χ1v) is 8.66. The molecule has 4 aliphatic carbocycles. The lowest BCUT2D eigenvalue weighted by Gasteiger charge is -2.59. The van der Waals surface area contributed by atoms with Gasteiger partial charge in [-0.3, -0.25) is 4.79 Å². The van der Waals surface area contributed by atoms with E-state index in [1.54, 1.807) is 0 Å². The molecular formula is C17H19BrFNO2. The number of phenols is 1. The molecule has 0 spiro atoms. The summed E-state index contributed by atoms with van der Waals surface area (Å²) in [5.74, 6) is 0.429. The number of amides is 1. The number of carbonyl (C=O) groups excluding carboxylic acids is 1. The van der Waals surface area contributed by atoms with Gasteiger partial charge in [0.15, 0.2) is 0 Å². The lowest BCUT2D eigenvalue weighted by molar-refractivity contribution is -0.138. The van der Waals surface area contributed by atoms with Crippen LogP contribution in [0.3, 0.4) is 0 Å². The minimum atomic E-state index is -0.591. The molecule has 4 aliphatic rings. The van der Waals surface area contributed by atoms with Gasteiger partial charge in [0.05, 0.1) is 11.1 Å². The second kappa shape index (κ2) is 4.70. The van der Waals surface area contributed by atoms with Gasteiger partial charge < -0.3 is 10.4 Å². The Morgan fingerprint density at radius 3 is 2.55 bits per heavy atom. The maximum atomic E-state index is 13.9. The Balaban J connectivity index is 1.60. The zero-order valence-electron chi connectivity index (χ0n) is 12.2. The largest absolute Gasteiger partial charge is 0.508 e. The molecule has 0 saturated heterocycles. The van der Waals surface area contributed by atoms with Crippen molar-refractivity contribution in [3.8, 4) is 5.75 Å². The van der Waals surface area contributed by atoms with E-state index < -0.39 is 5.82 Å². The number of aromatic hydroxyl groups is 1. The number of hydrogen-bond acceptors (Lipinski definition) is 2. The summed E-state index contributed by atoms with van der Waals surface area (Å²) in [5.41, 5.74) is -0.208. The number of nitrogens with one attached hydrogen (secondary N) is 1. The van der Waals surface area contributed by atoms with Crippen LogP contribution in [0.4, 0.5) is 10.1 Å². The van der Waals surface area contributed by atoms with Crippen LogP contribution >= 0.6 is 15.9 Å². The van der Waals surface area contributed by atoms with Crippen molar-refractivity contribution < 1.29 is 14.3 Å². The summed E-state index contributed by atoms with van der Waals surface area (Å²) in [6.07, 6.45) is 6.23. The van der Waals surface area contributed by atoms with Crippen molar-refractivity contribution in [1.82, 2.24) is 0 Å². The number of benzene rings is 1. The molecule has 1 aromatic rings. The number of rotatable bonds is 2. The van der Waals surface area contributed by atoms with Crippen molar-refractivity contribution in [3.63, 3.8) is 0 Å². The molecule has 2 unspecified atom stereocenters. The van der Waals surface area contributed by atoms with E-state index in [9.17, 15) is 14.3 Å². The highest BCUT2D eigenvalue weighted by molar-refractivity contribution is 9.10. The van der Waals surface area contributed by atoms with E-state index in [0.717, 1.165) is 38.2 Å². The van der Waals surface area contributed by atoms with E-state index in [1.807, 2.05) is 0 Å². The summed E-state index contributed by atoms with van der Waals surface area (Å²) in [4.78, 5) is 12.9. The summed E-state index contributed by atoms with van der Waals surface area (Å²) in [6, 6.07) is 3.85. The summed E-state index contributed by atoms with van der Waals surface area (Å²) < 4.78 is 14.0. The molecule has 4 fully saturated rings. The SMILES string of the molecule is O=C(Nc1ccc(O)cc1F)C12CC3CC(CC(Br)(C3)C1)C2. The van der Waals surface area contributed by atoms with E-state index in [2.05, 4.69) is 21.2 Å². The van der Waals surface area contributed by atoms with Gasteiger partial charge in [-0.1, -0.05) is 15.9 Å². The zero-order valence-corrected chi connectivity index (χ0v) is 13.8. The van der Waals surface area contributed by atoms with Crippen molar-refractivity contribution in [2.45, 2.75) is 42.8 Å². The Kier molecular flexibility index (Phi) is 3.09. The molecule has 3 nitrogen and oxygen atoms in total. The van der Waals surface area contributed by atoms with Gasteiger partial charge in [-0.15, -0.1) is 0 Å². The van der Waals surface area contributed by atoms with E-state index in [1.165, 1.54) is 18.6 Å². The Labute approximate surface area is 137 Å².